The summed E-state index contributed by atoms with van der Waals surface area (Å²) >= 11 is 0. The number of carbonyl (C=O) groups excluding carboxylic acids is 1. The fourth-order valence-corrected chi connectivity index (χ4v) is 2.97. The Bertz CT molecular complexity index is 721. The van der Waals surface area contributed by atoms with Crippen molar-refractivity contribution >= 4 is 11.7 Å². The zero-order chi connectivity index (χ0) is 18.5. The third-order valence-electron chi connectivity index (χ3n) is 4.41. The van der Waals surface area contributed by atoms with Crippen molar-refractivity contribution < 1.29 is 14.6 Å². The number of anilines is 1. The van der Waals surface area contributed by atoms with Gasteiger partial charge in [-0.2, -0.15) is 0 Å². The van der Waals surface area contributed by atoms with Gasteiger partial charge in [-0.25, -0.2) is 0 Å². The lowest BCUT2D eigenvalue weighted by atomic mass is 10.0. The molecule has 138 valence electrons. The number of aliphatic hydroxyl groups excluding tert-OH is 1. The Morgan fingerprint density at radius 2 is 2.00 bits per heavy atom. The average Bonchev–Trinajstić information content (AvgIpc) is 2.68. The van der Waals surface area contributed by atoms with Crippen LogP contribution in [0.4, 0.5) is 5.82 Å². The number of benzene rings is 1. The van der Waals surface area contributed by atoms with Crippen LogP contribution in [0, 0.1) is 0 Å². The maximum Gasteiger partial charge on any atom is 0.256 e. The number of hydrogen-bond donors (Lipinski definition) is 1. The van der Waals surface area contributed by atoms with Gasteiger partial charge in [-0.15, -0.1) is 10.2 Å². The zero-order valence-corrected chi connectivity index (χ0v) is 15.1. The first-order chi connectivity index (χ1) is 12.5. The Morgan fingerprint density at radius 1 is 1.23 bits per heavy atom. The van der Waals surface area contributed by atoms with Gasteiger partial charge < -0.3 is 19.6 Å². The van der Waals surface area contributed by atoms with E-state index in [0.29, 0.717) is 24.5 Å². The third-order valence-corrected chi connectivity index (χ3v) is 4.41. The molecule has 1 saturated heterocycles. The molecule has 1 N–H and O–H groups in total. The molecule has 1 aromatic heterocycles. The molecule has 7 nitrogen and oxygen atoms in total. The highest BCUT2D eigenvalue weighted by Gasteiger charge is 2.29. The van der Waals surface area contributed by atoms with Crippen molar-refractivity contribution in [1.82, 2.24) is 15.1 Å². The number of carbonyl (C=O) groups is 1. The van der Waals surface area contributed by atoms with Crippen LogP contribution >= 0.6 is 0 Å². The number of aliphatic hydroxyl groups is 1. The first-order valence-corrected chi connectivity index (χ1v) is 8.74. The predicted octanol–water partition coefficient (Wildman–Crippen LogP) is 1.65. The number of hydrogen-bond acceptors (Lipinski definition) is 6. The summed E-state index contributed by atoms with van der Waals surface area (Å²) in [6, 6.07) is 12.6. The van der Waals surface area contributed by atoms with Crippen LogP contribution in [0.15, 0.2) is 42.5 Å². The zero-order valence-electron chi connectivity index (χ0n) is 15.1. The second-order valence-corrected chi connectivity index (χ2v) is 6.60. The molecule has 1 aliphatic heterocycles. The normalized spacial score (nSPS) is 18.3. The molecule has 3 rings (SSSR count). The number of nitrogens with zero attached hydrogens (tertiary/aromatic N) is 4. The Kier molecular flexibility index (Phi) is 5.68. The van der Waals surface area contributed by atoms with E-state index in [4.69, 9.17) is 4.74 Å². The van der Waals surface area contributed by atoms with Crippen LogP contribution in [0.3, 0.4) is 0 Å². The Balaban J connectivity index is 1.61. The molecule has 0 radical (unpaired) electrons. The summed E-state index contributed by atoms with van der Waals surface area (Å²) < 4.78 is 5.89. The number of rotatable bonds is 5. The van der Waals surface area contributed by atoms with Gasteiger partial charge in [0.1, 0.15) is 6.10 Å². The van der Waals surface area contributed by atoms with E-state index in [1.54, 1.807) is 23.1 Å². The van der Waals surface area contributed by atoms with E-state index >= 15 is 0 Å². The Hall–Kier alpha value is -2.67. The van der Waals surface area contributed by atoms with Gasteiger partial charge in [-0.3, -0.25) is 4.79 Å². The Labute approximate surface area is 153 Å². The van der Waals surface area contributed by atoms with E-state index in [9.17, 15) is 9.90 Å². The molecule has 2 atom stereocenters. The third kappa shape index (κ3) is 4.29. The van der Waals surface area contributed by atoms with Gasteiger partial charge in [-0.1, -0.05) is 30.3 Å². The SMILES string of the molecule is CN(C)c1ccc(OC2CCCN(C(=O)C(O)c3ccccc3)C2)nn1. The largest absolute Gasteiger partial charge is 0.471 e. The van der Waals surface area contributed by atoms with Crippen molar-refractivity contribution in [2.75, 3.05) is 32.1 Å². The molecule has 0 aliphatic carbocycles. The van der Waals surface area contributed by atoms with Crippen LogP contribution in [0.25, 0.3) is 0 Å². The van der Waals surface area contributed by atoms with Gasteiger partial charge in [-0.05, 0) is 24.5 Å². The molecular formula is C19H24N4O3. The monoisotopic (exact) mass is 356 g/mol. The number of ether oxygens (including phenoxy) is 1. The van der Waals surface area contributed by atoms with Crippen LogP contribution in [0.2, 0.25) is 0 Å². The number of piperidine rings is 1. The molecule has 2 aromatic rings. The van der Waals surface area contributed by atoms with Crippen molar-refractivity contribution in [1.29, 1.82) is 0 Å². The minimum absolute atomic E-state index is 0.157. The lowest BCUT2D eigenvalue weighted by Gasteiger charge is -2.33. The fourth-order valence-electron chi connectivity index (χ4n) is 2.97. The molecule has 0 spiro atoms. The highest BCUT2D eigenvalue weighted by molar-refractivity contribution is 5.82. The quantitative estimate of drug-likeness (QED) is 0.878. The summed E-state index contributed by atoms with van der Waals surface area (Å²) in [6.45, 7) is 1.05. The van der Waals surface area contributed by atoms with Crippen molar-refractivity contribution in [2.45, 2.75) is 25.0 Å². The number of amides is 1. The van der Waals surface area contributed by atoms with Gasteiger partial charge >= 0.3 is 0 Å². The maximum atomic E-state index is 12.6. The van der Waals surface area contributed by atoms with Gasteiger partial charge in [0.2, 0.25) is 5.88 Å². The summed E-state index contributed by atoms with van der Waals surface area (Å²) in [4.78, 5) is 16.1. The molecule has 1 aliphatic rings. The molecule has 1 aromatic carbocycles. The molecule has 1 amide bonds. The summed E-state index contributed by atoms with van der Waals surface area (Å²) in [5, 5.41) is 18.5. The van der Waals surface area contributed by atoms with Crippen LogP contribution in [-0.2, 0) is 4.79 Å². The molecule has 26 heavy (non-hydrogen) atoms. The van der Waals surface area contributed by atoms with Crippen LogP contribution in [0.5, 0.6) is 5.88 Å². The van der Waals surface area contributed by atoms with Crippen molar-refractivity contribution in [3.05, 3.63) is 48.0 Å². The molecular weight excluding hydrogens is 332 g/mol. The second-order valence-electron chi connectivity index (χ2n) is 6.60. The van der Waals surface area contributed by atoms with Crippen molar-refractivity contribution in [3.63, 3.8) is 0 Å². The van der Waals surface area contributed by atoms with Gasteiger partial charge in [0.25, 0.3) is 5.91 Å². The fraction of sp³-hybridized carbons (Fsp3) is 0.421. The van der Waals surface area contributed by atoms with Gasteiger partial charge in [0.05, 0.1) is 6.54 Å². The molecule has 1 fully saturated rings. The summed E-state index contributed by atoms with van der Waals surface area (Å²) in [7, 11) is 3.79. The molecule has 0 bridgehead atoms. The van der Waals surface area contributed by atoms with Crippen LogP contribution in [-0.4, -0.2) is 59.4 Å². The Morgan fingerprint density at radius 3 is 2.65 bits per heavy atom. The molecule has 0 saturated carbocycles. The topological polar surface area (TPSA) is 78.8 Å². The highest BCUT2D eigenvalue weighted by Crippen LogP contribution is 2.21. The van der Waals surface area contributed by atoms with E-state index in [2.05, 4.69) is 10.2 Å². The highest BCUT2D eigenvalue weighted by atomic mass is 16.5. The lowest BCUT2D eigenvalue weighted by molar-refractivity contribution is -0.143. The van der Waals surface area contributed by atoms with Gasteiger partial charge in [0.15, 0.2) is 11.9 Å². The van der Waals surface area contributed by atoms with E-state index < -0.39 is 6.10 Å². The first-order valence-electron chi connectivity index (χ1n) is 8.74. The van der Waals surface area contributed by atoms with Crippen molar-refractivity contribution in [2.24, 2.45) is 0 Å². The minimum Gasteiger partial charge on any atom is -0.471 e. The van der Waals surface area contributed by atoms with E-state index in [-0.39, 0.29) is 12.0 Å². The smallest absolute Gasteiger partial charge is 0.256 e. The van der Waals surface area contributed by atoms with E-state index in [0.717, 1.165) is 18.7 Å². The minimum atomic E-state index is -1.14. The predicted molar refractivity (Wildman–Crippen MR) is 98.0 cm³/mol. The molecule has 2 heterocycles. The summed E-state index contributed by atoms with van der Waals surface area (Å²) in [5.41, 5.74) is 0.602. The molecule has 2 unspecified atom stereocenters. The summed E-state index contributed by atoms with van der Waals surface area (Å²) in [6.07, 6.45) is 0.355. The van der Waals surface area contributed by atoms with Crippen LogP contribution < -0.4 is 9.64 Å². The standard InChI is InChI=1S/C19H24N4O3/c1-22(2)16-10-11-17(21-20-16)26-15-9-6-12-23(13-15)19(25)18(24)14-7-4-3-5-8-14/h3-5,7-8,10-11,15,18,24H,6,9,12-13H2,1-2H3. The van der Waals surface area contributed by atoms with E-state index in [1.807, 2.05) is 43.3 Å². The first kappa shape index (κ1) is 18.1. The number of likely N-dealkylation sites (tertiary alicyclic amines) is 1. The van der Waals surface area contributed by atoms with Crippen molar-refractivity contribution in [3.8, 4) is 5.88 Å². The lowest BCUT2D eigenvalue weighted by Crippen LogP contribution is -2.46. The number of aromatic nitrogens is 2. The van der Waals surface area contributed by atoms with E-state index in [1.165, 1.54) is 0 Å². The van der Waals surface area contributed by atoms with Gasteiger partial charge in [0, 0.05) is 26.7 Å². The maximum absolute atomic E-state index is 12.6. The molecule has 7 heteroatoms. The second kappa shape index (κ2) is 8.14. The summed E-state index contributed by atoms with van der Waals surface area (Å²) in [5.74, 6) is 0.904. The van der Waals surface area contributed by atoms with Crippen LogP contribution in [0.1, 0.15) is 24.5 Å². The average molecular weight is 356 g/mol.